The number of aryl methyl sites for hydroxylation is 1. The summed E-state index contributed by atoms with van der Waals surface area (Å²) in [4.78, 5) is 0. The van der Waals surface area contributed by atoms with Crippen molar-refractivity contribution in [2.45, 2.75) is 32.6 Å². The lowest BCUT2D eigenvalue weighted by atomic mass is 9.74. The van der Waals surface area contributed by atoms with Crippen molar-refractivity contribution in [3.05, 3.63) is 28.8 Å². The van der Waals surface area contributed by atoms with E-state index in [1.807, 2.05) is 19.9 Å². The van der Waals surface area contributed by atoms with Gasteiger partial charge in [0.05, 0.1) is 0 Å². The molecule has 0 amide bonds. The van der Waals surface area contributed by atoms with Crippen molar-refractivity contribution < 1.29 is 10.0 Å². The molecule has 1 fully saturated rings. The maximum Gasteiger partial charge on any atom is 0.488 e. The summed E-state index contributed by atoms with van der Waals surface area (Å²) in [5, 5.41) is 18.4. The van der Waals surface area contributed by atoms with Crippen molar-refractivity contribution in [2.24, 2.45) is 0 Å². The second-order valence-electron chi connectivity index (χ2n) is 4.22. The third kappa shape index (κ3) is 1.70. The van der Waals surface area contributed by atoms with E-state index >= 15 is 0 Å². The average molecular weight is 190 g/mol. The van der Waals surface area contributed by atoms with Gasteiger partial charge >= 0.3 is 7.12 Å². The van der Waals surface area contributed by atoms with Gasteiger partial charge < -0.3 is 10.0 Å². The molecule has 0 heterocycles. The first-order valence-corrected chi connectivity index (χ1v) is 5.06. The van der Waals surface area contributed by atoms with Crippen LogP contribution in [-0.4, -0.2) is 17.2 Å². The Morgan fingerprint density at radius 2 is 1.86 bits per heavy atom. The normalized spacial score (nSPS) is 15.7. The highest BCUT2D eigenvalue weighted by molar-refractivity contribution is 6.59. The van der Waals surface area contributed by atoms with Gasteiger partial charge in [-0.2, -0.15) is 0 Å². The predicted molar refractivity (Wildman–Crippen MR) is 57.7 cm³/mol. The molecule has 1 aromatic rings. The van der Waals surface area contributed by atoms with E-state index in [1.54, 1.807) is 0 Å². The second-order valence-corrected chi connectivity index (χ2v) is 4.22. The zero-order valence-electron chi connectivity index (χ0n) is 8.62. The summed E-state index contributed by atoms with van der Waals surface area (Å²) in [6.45, 7) is 3.97. The predicted octanol–water partition coefficient (Wildman–Crippen LogP) is 0.861. The van der Waals surface area contributed by atoms with Crippen LogP contribution in [0.15, 0.2) is 12.1 Å². The topological polar surface area (TPSA) is 40.5 Å². The minimum atomic E-state index is -1.34. The maximum atomic E-state index is 9.21. The van der Waals surface area contributed by atoms with Crippen LogP contribution >= 0.6 is 0 Å². The smallest absolute Gasteiger partial charge is 0.423 e. The molecule has 0 atom stereocenters. The van der Waals surface area contributed by atoms with Crippen molar-refractivity contribution in [2.75, 3.05) is 0 Å². The molecule has 2 nitrogen and oxygen atoms in total. The molecule has 0 aromatic heterocycles. The van der Waals surface area contributed by atoms with Gasteiger partial charge in [-0.05, 0) is 49.2 Å². The van der Waals surface area contributed by atoms with Gasteiger partial charge in [-0.1, -0.05) is 17.7 Å². The van der Waals surface area contributed by atoms with Crippen molar-refractivity contribution >= 4 is 12.6 Å². The van der Waals surface area contributed by atoms with E-state index in [0.29, 0.717) is 11.4 Å². The minimum Gasteiger partial charge on any atom is -0.423 e. The van der Waals surface area contributed by atoms with Crippen LogP contribution in [0.1, 0.15) is 35.4 Å². The Kier molecular flexibility index (Phi) is 2.37. The van der Waals surface area contributed by atoms with E-state index in [2.05, 4.69) is 6.07 Å². The lowest BCUT2D eigenvalue weighted by Crippen LogP contribution is -2.33. The van der Waals surface area contributed by atoms with Crippen LogP contribution in [0.4, 0.5) is 0 Å². The molecule has 3 heteroatoms. The molecular formula is C11H15BO2. The number of hydrogen-bond acceptors (Lipinski definition) is 2. The average Bonchev–Trinajstić information content (AvgIpc) is 2.91. The molecule has 0 aliphatic heterocycles. The molecule has 1 aliphatic carbocycles. The van der Waals surface area contributed by atoms with E-state index in [1.165, 1.54) is 18.4 Å². The molecule has 1 aliphatic rings. The molecule has 0 radical (unpaired) electrons. The third-order valence-corrected chi connectivity index (χ3v) is 2.93. The van der Waals surface area contributed by atoms with Crippen molar-refractivity contribution in [3.8, 4) is 0 Å². The highest BCUT2D eigenvalue weighted by Gasteiger charge is 2.27. The summed E-state index contributed by atoms with van der Waals surface area (Å²) >= 11 is 0. The first-order valence-electron chi connectivity index (χ1n) is 5.06. The SMILES string of the molecule is Cc1cc(B(O)O)c(C)c(C2CC2)c1. The van der Waals surface area contributed by atoms with Crippen molar-refractivity contribution in [3.63, 3.8) is 0 Å². The quantitative estimate of drug-likeness (QED) is 0.679. The fourth-order valence-corrected chi connectivity index (χ4v) is 2.00. The summed E-state index contributed by atoms with van der Waals surface area (Å²) in [5.41, 5.74) is 4.12. The zero-order chi connectivity index (χ0) is 10.3. The molecule has 1 saturated carbocycles. The molecule has 74 valence electrons. The fourth-order valence-electron chi connectivity index (χ4n) is 2.00. The lowest BCUT2D eigenvalue weighted by molar-refractivity contribution is 0.425. The zero-order valence-corrected chi connectivity index (χ0v) is 8.62. The molecule has 0 bridgehead atoms. The fraction of sp³-hybridized carbons (Fsp3) is 0.455. The Morgan fingerprint density at radius 3 is 2.36 bits per heavy atom. The van der Waals surface area contributed by atoms with Crippen LogP contribution in [0.5, 0.6) is 0 Å². The highest BCUT2D eigenvalue weighted by atomic mass is 16.4. The molecule has 0 unspecified atom stereocenters. The van der Waals surface area contributed by atoms with Gasteiger partial charge in [0.15, 0.2) is 0 Å². The Labute approximate surface area is 84.7 Å². The van der Waals surface area contributed by atoms with Gasteiger partial charge in [0.25, 0.3) is 0 Å². The monoisotopic (exact) mass is 190 g/mol. The Hall–Kier alpha value is -0.795. The van der Waals surface area contributed by atoms with E-state index in [0.717, 1.165) is 11.1 Å². The van der Waals surface area contributed by atoms with Gasteiger partial charge in [0.1, 0.15) is 0 Å². The van der Waals surface area contributed by atoms with Crippen LogP contribution < -0.4 is 5.46 Å². The first kappa shape index (κ1) is 9.75. The number of benzene rings is 1. The van der Waals surface area contributed by atoms with Crippen LogP contribution in [0.25, 0.3) is 0 Å². The van der Waals surface area contributed by atoms with Gasteiger partial charge in [-0.15, -0.1) is 0 Å². The Bertz CT molecular complexity index is 333. The van der Waals surface area contributed by atoms with Crippen LogP contribution in [0, 0.1) is 13.8 Å². The highest BCUT2D eigenvalue weighted by Crippen LogP contribution is 2.41. The molecule has 14 heavy (non-hydrogen) atoms. The molecule has 2 N–H and O–H groups in total. The summed E-state index contributed by atoms with van der Waals surface area (Å²) < 4.78 is 0. The standard InChI is InChI=1S/C11H15BO2/c1-7-5-10(9-3-4-9)8(2)11(6-7)12(13)14/h5-6,9,13-14H,3-4H2,1-2H3. The first-order chi connectivity index (χ1) is 6.59. The number of hydrogen-bond donors (Lipinski definition) is 2. The van der Waals surface area contributed by atoms with Crippen LogP contribution in [0.3, 0.4) is 0 Å². The largest absolute Gasteiger partial charge is 0.488 e. The van der Waals surface area contributed by atoms with Gasteiger partial charge in [-0.25, -0.2) is 0 Å². The minimum absolute atomic E-state index is 0.659. The summed E-state index contributed by atoms with van der Waals surface area (Å²) in [7, 11) is -1.34. The van der Waals surface area contributed by atoms with E-state index in [-0.39, 0.29) is 0 Å². The Balaban J connectivity index is 2.49. The van der Waals surface area contributed by atoms with Crippen molar-refractivity contribution in [1.29, 1.82) is 0 Å². The molecular weight excluding hydrogens is 175 g/mol. The van der Waals surface area contributed by atoms with Gasteiger partial charge in [-0.3, -0.25) is 0 Å². The van der Waals surface area contributed by atoms with Crippen LogP contribution in [-0.2, 0) is 0 Å². The molecule has 1 aromatic carbocycles. The number of rotatable bonds is 2. The molecule has 2 rings (SSSR count). The van der Waals surface area contributed by atoms with Gasteiger partial charge in [0.2, 0.25) is 0 Å². The van der Waals surface area contributed by atoms with Crippen LogP contribution in [0.2, 0.25) is 0 Å². The molecule has 0 saturated heterocycles. The summed E-state index contributed by atoms with van der Waals surface area (Å²) in [6.07, 6.45) is 2.48. The molecule has 0 spiro atoms. The lowest BCUT2D eigenvalue weighted by Gasteiger charge is -2.11. The van der Waals surface area contributed by atoms with Gasteiger partial charge in [0, 0.05) is 0 Å². The summed E-state index contributed by atoms with van der Waals surface area (Å²) in [6, 6.07) is 4.02. The Morgan fingerprint density at radius 1 is 1.21 bits per heavy atom. The maximum absolute atomic E-state index is 9.21. The van der Waals surface area contributed by atoms with E-state index in [9.17, 15) is 10.0 Å². The summed E-state index contributed by atoms with van der Waals surface area (Å²) in [5.74, 6) is 0.660. The van der Waals surface area contributed by atoms with E-state index in [4.69, 9.17) is 0 Å². The van der Waals surface area contributed by atoms with E-state index < -0.39 is 7.12 Å². The van der Waals surface area contributed by atoms with Crippen molar-refractivity contribution in [1.82, 2.24) is 0 Å². The second kappa shape index (κ2) is 3.41. The third-order valence-electron chi connectivity index (χ3n) is 2.93.